The smallest absolute Gasteiger partial charge is 0.253 e. The number of fused-ring (bicyclic) bond motifs is 1. The van der Waals surface area contributed by atoms with Gasteiger partial charge < -0.3 is 9.88 Å². The number of carbonyl (C=O) groups is 1. The van der Waals surface area contributed by atoms with Crippen LogP contribution in [0.5, 0.6) is 0 Å². The minimum absolute atomic E-state index is 0.0953. The third-order valence-corrected chi connectivity index (χ3v) is 5.94. The molecule has 152 valence electrons. The van der Waals surface area contributed by atoms with E-state index in [0.717, 1.165) is 65.4 Å². The summed E-state index contributed by atoms with van der Waals surface area (Å²) in [7, 11) is 0. The Morgan fingerprint density at radius 2 is 1.77 bits per heavy atom. The molecule has 5 rings (SSSR count). The molecule has 6 heteroatoms. The molecule has 0 radical (unpaired) electrons. The average Bonchev–Trinajstić information content (AvgIpc) is 3.36. The van der Waals surface area contributed by atoms with E-state index in [1.165, 1.54) is 0 Å². The molecule has 3 heterocycles. The Hall–Kier alpha value is -3.41. The van der Waals surface area contributed by atoms with Gasteiger partial charge in [0, 0.05) is 30.3 Å². The Kier molecular flexibility index (Phi) is 4.62. The van der Waals surface area contributed by atoms with Gasteiger partial charge >= 0.3 is 0 Å². The van der Waals surface area contributed by atoms with Crippen LogP contribution in [-0.4, -0.2) is 43.6 Å². The predicted molar refractivity (Wildman–Crippen MR) is 117 cm³/mol. The molecule has 30 heavy (non-hydrogen) atoms. The average molecular weight is 399 g/mol. The number of carbonyl (C=O) groups excluding carboxylic acids is 1. The fourth-order valence-electron chi connectivity index (χ4n) is 4.34. The van der Waals surface area contributed by atoms with E-state index >= 15 is 0 Å². The van der Waals surface area contributed by atoms with Gasteiger partial charge in [0.05, 0.1) is 22.4 Å². The summed E-state index contributed by atoms with van der Waals surface area (Å²) in [5.74, 6) is 1.50. The number of H-pyrrole nitrogens is 1. The van der Waals surface area contributed by atoms with Crippen LogP contribution in [0.1, 0.15) is 46.3 Å². The lowest BCUT2D eigenvalue weighted by atomic mass is 9.95. The topological polar surface area (TPSA) is 66.8 Å². The second kappa shape index (κ2) is 7.44. The molecule has 1 amide bonds. The third kappa shape index (κ3) is 3.38. The van der Waals surface area contributed by atoms with E-state index in [-0.39, 0.29) is 5.91 Å². The maximum Gasteiger partial charge on any atom is 0.253 e. The number of nitrogens with zero attached hydrogens (tertiary/aromatic N) is 4. The van der Waals surface area contributed by atoms with Crippen molar-refractivity contribution in [3.63, 3.8) is 0 Å². The van der Waals surface area contributed by atoms with Gasteiger partial charge in [0.1, 0.15) is 5.82 Å². The van der Waals surface area contributed by atoms with Gasteiger partial charge in [-0.3, -0.25) is 4.79 Å². The van der Waals surface area contributed by atoms with Crippen molar-refractivity contribution in [3.8, 4) is 5.69 Å². The highest BCUT2D eigenvalue weighted by atomic mass is 16.2. The number of hydrogen-bond donors (Lipinski definition) is 1. The maximum absolute atomic E-state index is 13.0. The molecular weight excluding hydrogens is 374 g/mol. The lowest BCUT2D eigenvalue weighted by Gasteiger charge is -2.31. The maximum atomic E-state index is 13.0. The molecular formula is C24H25N5O. The highest BCUT2D eigenvalue weighted by Gasteiger charge is 2.26. The first-order valence-electron chi connectivity index (χ1n) is 10.5. The minimum Gasteiger partial charge on any atom is -0.342 e. The number of hydrogen-bond acceptors (Lipinski definition) is 3. The normalized spacial score (nSPS) is 15.1. The summed E-state index contributed by atoms with van der Waals surface area (Å²) in [6, 6.07) is 17.9. The van der Waals surface area contributed by atoms with Gasteiger partial charge in [0.2, 0.25) is 0 Å². The first kappa shape index (κ1) is 18.6. The number of imidazole rings is 1. The quantitative estimate of drug-likeness (QED) is 0.556. The molecule has 1 N–H and O–H groups in total. The van der Waals surface area contributed by atoms with E-state index in [1.807, 2.05) is 72.0 Å². The molecule has 0 spiro atoms. The minimum atomic E-state index is 0.0953. The number of nitrogens with one attached hydrogen (secondary N) is 1. The van der Waals surface area contributed by atoms with Crippen molar-refractivity contribution in [1.29, 1.82) is 0 Å². The van der Waals surface area contributed by atoms with E-state index < -0.39 is 0 Å². The molecule has 0 atom stereocenters. The monoisotopic (exact) mass is 399 g/mol. The predicted octanol–water partition coefficient (Wildman–Crippen LogP) is 4.39. The van der Waals surface area contributed by atoms with E-state index in [2.05, 4.69) is 16.1 Å². The number of aromatic nitrogens is 4. The van der Waals surface area contributed by atoms with Crippen LogP contribution < -0.4 is 0 Å². The lowest BCUT2D eigenvalue weighted by Crippen LogP contribution is -2.38. The van der Waals surface area contributed by atoms with Gasteiger partial charge in [-0.15, -0.1) is 0 Å². The van der Waals surface area contributed by atoms with Crippen LogP contribution in [0.2, 0.25) is 0 Å². The zero-order chi connectivity index (χ0) is 20.7. The molecule has 4 aromatic rings. The number of likely N-dealkylation sites (tertiary alicyclic amines) is 1. The van der Waals surface area contributed by atoms with Gasteiger partial charge in [0.25, 0.3) is 5.91 Å². The summed E-state index contributed by atoms with van der Waals surface area (Å²) < 4.78 is 1.91. The van der Waals surface area contributed by atoms with Gasteiger partial charge in [-0.1, -0.05) is 12.1 Å². The fraction of sp³-hybridized carbons (Fsp3) is 0.292. The van der Waals surface area contributed by atoms with Gasteiger partial charge in [-0.05, 0) is 69.2 Å². The van der Waals surface area contributed by atoms with Crippen molar-refractivity contribution in [3.05, 3.63) is 77.4 Å². The number of aryl methyl sites for hydroxylation is 2. The Balaban J connectivity index is 1.25. The standard InChI is InChI=1S/C24H25N5O/c1-16-15-17(2)29(27-16)20-9-7-19(8-10-20)24(30)28-13-11-18(12-14-28)23-25-21-5-3-4-6-22(21)26-23/h3-10,15,18H,11-14H2,1-2H3,(H,25,26). The Morgan fingerprint density at radius 3 is 2.43 bits per heavy atom. The molecule has 0 unspecified atom stereocenters. The van der Waals surface area contributed by atoms with Crippen molar-refractivity contribution >= 4 is 16.9 Å². The molecule has 0 aliphatic carbocycles. The van der Waals surface area contributed by atoms with Crippen molar-refractivity contribution in [2.24, 2.45) is 0 Å². The first-order chi connectivity index (χ1) is 14.6. The number of para-hydroxylation sites is 2. The highest BCUT2D eigenvalue weighted by Crippen LogP contribution is 2.28. The number of amides is 1. The second-order valence-electron chi connectivity index (χ2n) is 8.09. The first-order valence-corrected chi connectivity index (χ1v) is 10.5. The van der Waals surface area contributed by atoms with E-state index in [1.54, 1.807) is 0 Å². The molecule has 1 saturated heterocycles. The third-order valence-electron chi connectivity index (χ3n) is 5.94. The molecule has 6 nitrogen and oxygen atoms in total. The van der Waals surface area contributed by atoms with Crippen LogP contribution in [0.3, 0.4) is 0 Å². The molecule has 2 aromatic heterocycles. The van der Waals surface area contributed by atoms with Crippen LogP contribution in [0.15, 0.2) is 54.6 Å². The van der Waals surface area contributed by atoms with Crippen LogP contribution in [0.25, 0.3) is 16.7 Å². The molecule has 0 saturated carbocycles. The molecule has 1 aliphatic heterocycles. The highest BCUT2D eigenvalue weighted by molar-refractivity contribution is 5.94. The number of benzene rings is 2. The Bertz CT molecular complexity index is 1160. The Morgan fingerprint density at radius 1 is 1.03 bits per heavy atom. The van der Waals surface area contributed by atoms with E-state index in [0.29, 0.717) is 5.92 Å². The summed E-state index contributed by atoms with van der Waals surface area (Å²) >= 11 is 0. The van der Waals surface area contributed by atoms with Crippen LogP contribution in [0, 0.1) is 13.8 Å². The molecule has 1 fully saturated rings. The second-order valence-corrected chi connectivity index (χ2v) is 8.09. The molecule has 1 aliphatic rings. The van der Waals surface area contributed by atoms with Crippen molar-refractivity contribution in [2.45, 2.75) is 32.6 Å². The van der Waals surface area contributed by atoms with Crippen LogP contribution >= 0.6 is 0 Å². The van der Waals surface area contributed by atoms with Crippen LogP contribution in [0.4, 0.5) is 0 Å². The summed E-state index contributed by atoms with van der Waals surface area (Å²) in [5, 5.41) is 4.51. The van der Waals surface area contributed by atoms with Crippen molar-refractivity contribution in [2.75, 3.05) is 13.1 Å². The zero-order valence-corrected chi connectivity index (χ0v) is 17.3. The number of aromatic amines is 1. The van der Waals surface area contributed by atoms with Crippen molar-refractivity contribution in [1.82, 2.24) is 24.6 Å². The summed E-state index contributed by atoms with van der Waals surface area (Å²) in [4.78, 5) is 23.1. The van der Waals surface area contributed by atoms with Crippen LogP contribution in [-0.2, 0) is 0 Å². The number of piperidine rings is 1. The summed E-state index contributed by atoms with van der Waals surface area (Å²) in [6.07, 6.45) is 1.85. The summed E-state index contributed by atoms with van der Waals surface area (Å²) in [6.45, 7) is 5.51. The SMILES string of the molecule is Cc1cc(C)n(-c2ccc(C(=O)N3CCC(c4nc5ccccc5[nH]4)CC3)cc2)n1. The lowest BCUT2D eigenvalue weighted by molar-refractivity contribution is 0.0711. The van der Waals surface area contributed by atoms with E-state index in [9.17, 15) is 4.79 Å². The Labute approximate surface area is 175 Å². The van der Waals surface area contributed by atoms with Crippen molar-refractivity contribution < 1.29 is 4.79 Å². The van der Waals surface area contributed by atoms with Gasteiger partial charge in [-0.25, -0.2) is 9.67 Å². The van der Waals surface area contributed by atoms with Gasteiger partial charge in [0.15, 0.2) is 0 Å². The number of rotatable bonds is 3. The molecule has 0 bridgehead atoms. The zero-order valence-electron chi connectivity index (χ0n) is 17.3. The molecule has 2 aromatic carbocycles. The van der Waals surface area contributed by atoms with E-state index in [4.69, 9.17) is 4.98 Å². The fourth-order valence-corrected chi connectivity index (χ4v) is 4.34. The van der Waals surface area contributed by atoms with Gasteiger partial charge in [-0.2, -0.15) is 5.10 Å². The summed E-state index contributed by atoms with van der Waals surface area (Å²) in [5.41, 5.74) is 5.85. The largest absolute Gasteiger partial charge is 0.342 e.